The molecule has 124 valence electrons. The van der Waals surface area contributed by atoms with Gasteiger partial charge in [-0.05, 0) is 37.6 Å². The quantitative estimate of drug-likeness (QED) is 0.817. The molecule has 1 heterocycles. The van der Waals surface area contributed by atoms with Gasteiger partial charge in [0.25, 0.3) is 0 Å². The predicted molar refractivity (Wildman–Crippen MR) is 82.9 cm³/mol. The van der Waals surface area contributed by atoms with Crippen LogP contribution >= 0.6 is 11.6 Å². The van der Waals surface area contributed by atoms with Crippen LogP contribution in [0.25, 0.3) is 0 Å². The van der Waals surface area contributed by atoms with Crippen molar-refractivity contribution in [2.45, 2.75) is 30.2 Å². The average molecular weight is 351 g/mol. The van der Waals surface area contributed by atoms with E-state index >= 15 is 0 Å². The van der Waals surface area contributed by atoms with Crippen molar-refractivity contribution in [3.8, 4) is 0 Å². The summed E-state index contributed by atoms with van der Waals surface area (Å²) in [5.74, 6) is -0.653. The van der Waals surface area contributed by atoms with Crippen molar-refractivity contribution in [3.05, 3.63) is 29.0 Å². The van der Waals surface area contributed by atoms with Crippen molar-refractivity contribution in [2.75, 3.05) is 26.2 Å². The Kier molecular flexibility index (Phi) is 6.17. The Bertz CT molecular complexity index is 612. The minimum absolute atomic E-state index is 0.0590. The number of halogens is 2. The molecule has 1 aromatic carbocycles. The first kappa shape index (κ1) is 17.6. The molecule has 0 aliphatic carbocycles. The highest BCUT2D eigenvalue weighted by molar-refractivity contribution is 7.89. The van der Waals surface area contributed by atoms with Gasteiger partial charge in [0.05, 0.1) is 16.5 Å². The molecule has 0 spiro atoms. The molecule has 8 heteroatoms. The minimum Gasteiger partial charge on any atom is -0.395 e. The van der Waals surface area contributed by atoms with Crippen molar-refractivity contribution in [1.82, 2.24) is 9.62 Å². The monoisotopic (exact) mass is 350 g/mol. The van der Waals surface area contributed by atoms with Gasteiger partial charge in [0.1, 0.15) is 5.82 Å². The van der Waals surface area contributed by atoms with Gasteiger partial charge in [0, 0.05) is 19.1 Å². The van der Waals surface area contributed by atoms with E-state index in [-0.39, 0.29) is 29.1 Å². The Morgan fingerprint density at radius 3 is 2.86 bits per heavy atom. The minimum atomic E-state index is -3.71. The van der Waals surface area contributed by atoms with Crippen molar-refractivity contribution in [3.63, 3.8) is 0 Å². The smallest absolute Gasteiger partial charge is 0.240 e. The second kappa shape index (κ2) is 7.70. The lowest BCUT2D eigenvalue weighted by Gasteiger charge is -2.34. The first-order chi connectivity index (χ1) is 10.4. The van der Waals surface area contributed by atoms with Crippen LogP contribution in [0.5, 0.6) is 0 Å². The topological polar surface area (TPSA) is 69.6 Å². The van der Waals surface area contributed by atoms with Crippen LogP contribution in [0.2, 0.25) is 5.02 Å². The van der Waals surface area contributed by atoms with Crippen molar-refractivity contribution in [2.24, 2.45) is 0 Å². The summed E-state index contributed by atoms with van der Waals surface area (Å²) in [5, 5.41) is 9.10. The van der Waals surface area contributed by atoms with Gasteiger partial charge >= 0.3 is 0 Å². The maximum atomic E-state index is 13.1. The van der Waals surface area contributed by atoms with Gasteiger partial charge in [-0.1, -0.05) is 18.0 Å². The second-order valence-electron chi connectivity index (χ2n) is 5.34. The zero-order valence-corrected chi connectivity index (χ0v) is 13.7. The molecule has 0 amide bonds. The fourth-order valence-corrected chi connectivity index (χ4v) is 3.90. The van der Waals surface area contributed by atoms with E-state index in [0.29, 0.717) is 6.54 Å². The van der Waals surface area contributed by atoms with Gasteiger partial charge < -0.3 is 5.11 Å². The van der Waals surface area contributed by atoms with Crippen LogP contribution in [0.1, 0.15) is 19.3 Å². The molecule has 0 saturated carbocycles. The molecule has 0 unspecified atom stereocenters. The van der Waals surface area contributed by atoms with E-state index in [4.69, 9.17) is 11.6 Å². The molecule has 1 fully saturated rings. The van der Waals surface area contributed by atoms with Gasteiger partial charge in [-0.2, -0.15) is 0 Å². The Morgan fingerprint density at radius 2 is 2.18 bits per heavy atom. The number of benzene rings is 1. The normalized spacial score (nSPS) is 20.2. The van der Waals surface area contributed by atoms with E-state index in [1.54, 1.807) is 0 Å². The summed E-state index contributed by atoms with van der Waals surface area (Å²) in [6.45, 7) is 1.70. The van der Waals surface area contributed by atoms with Gasteiger partial charge in [-0.25, -0.2) is 17.5 Å². The summed E-state index contributed by atoms with van der Waals surface area (Å²) in [5.41, 5.74) is 0. The fraction of sp³-hybridized carbons (Fsp3) is 0.571. The summed E-state index contributed by atoms with van der Waals surface area (Å²) in [6, 6.07) is 3.40. The Hall–Kier alpha value is -0.730. The molecule has 1 saturated heterocycles. The molecule has 1 aliphatic heterocycles. The maximum absolute atomic E-state index is 13.1. The highest BCUT2D eigenvalue weighted by atomic mass is 35.5. The van der Waals surface area contributed by atoms with E-state index in [9.17, 15) is 17.9 Å². The Morgan fingerprint density at radius 1 is 1.41 bits per heavy atom. The zero-order valence-electron chi connectivity index (χ0n) is 12.1. The van der Waals surface area contributed by atoms with Crippen LogP contribution in [-0.4, -0.2) is 50.7 Å². The predicted octanol–water partition coefficient (Wildman–Crippen LogP) is 1.60. The summed E-state index contributed by atoms with van der Waals surface area (Å²) >= 11 is 5.61. The molecule has 0 aromatic heterocycles. The molecule has 1 aromatic rings. The molecule has 0 radical (unpaired) electrons. The number of aliphatic hydroxyl groups is 1. The molecule has 5 nitrogen and oxygen atoms in total. The number of hydrogen-bond donors (Lipinski definition) is 2. The highest BCUT2D eigenvalue weighted by Gasteiger charge is 2.22. The maximum Gasteiger partial charge on any atom is 0.240 e. The standard InChI is InChI=1S/C14H20ClFN2O3S/c15-13-9-12(4-5-14(13)16)22(20,21)17-6-8-18-7-2-1-3-11(18)10-19/h4-5,9,11,17,19H,1-3,6-8,10H2/t11-/m1/s1. The van der Waals surface area contributed by atoms with E-state index in [0.717, 1.165) is 37.9 Å². The molecular formula is C14H20ClFN2O3S. The summed E-state index contributed by atoms with van der Waals surface area (Å²) < 4.78 is 39.8. The molecule has 2 N–H and O–H groups in total. The summed E-state index contributed by atoms with van der Waals surface area (Å²) in [4.78, 5) is 2.03. The van der Waals surface area contributed by atoms with Gasteiger partial charge in [0.2, 0.25) is 10.0 Å². The molecule has 2 rings (SSSR count). The summed E-state index contributed by atoms with van der Waals surface area (Å²) in [6.07, 6.45) is 3.06. The largest absolute Gasteiger partial charge is 0.395 e. The number of likely N-dealkylation sites (tertiary alicyclic amines) is 1. The van der Waals surface area contributed by atoms with Crippen LogP contribution in [-0.2, 0) is 10.0 Å². The lowest BCUT2D eigenvalue weighted by molar-refractivity contribution is 0.0923. The molecule has 22 heavy (non-hydrogen) atoms. The van der Waals surface area contributed by atoms with Gasteiger partial charge in [0.15, 0.2) is 0 Å². The number of nitrogens with one attached hydrogen (secondary N) is 1. The van der Waals surface area contributed by atoms with E-state index in [1.165, 1.54) is 6.07 Å². The number of hydrogen-bond acceptors (Lipinski definition) is 4. The number of piperidine rings is 1. The van der Waals surface area contributed by atoms with E-state index in [2.05, 4.69) is 9.62 Å². The van der Waals surface area contributed by atoms with Crippen LogP contribution in [0, 0.1) is 5.82 Å². The first-order valence-corrected chi connectivity index (χ1v) is 9.10. The van der Waals surface area contributed by atoms with Gasteiger partial charge in [-0.3, -0.25) is 4.90 Å². The number of sulfonamides is 1. The lowest BCUT2D eigenvalue weighted by atomic mass is 10.0. The molecular weight excluding hydrogens is 331 g/mol. The summed E-state index contributed by atoms with van der Waals surface area (Å²) in [7, 11) is -3.71. The number of rotatable bonds is 6. The van der Waals surface area contributed by atoms with Crippen LogP contribution < -0.4 is 4.72 Å². The second-order valence-corrected chi connectivity index (χ2v) is 7.52. The van der Waals surface area contributed by atoms with Gasteiger partial charge in [-0.15, -0.1) is 0 Å². The molecule has 1 atom stereocenters. The lowest BCUT2D eigenvalue weighted by Crippen LogP contribution is -2.45. The van der Waals surface area contributed by atoms with Crippen molar-refractivity contribution >= 4 is 21.6 Å². The number of aliphatic hydroxyl groups excluding tert-OH is 1. The molecule has 1 aliphatic rings. The van der Waals surface area contributed by atoms with Crippen LogP contribution in [0.15, 0.2) is 23.1 Å². The SMILES string of the molecule is O=S(=O)(NCCN1CCCC[C@@H]1CO)c1ccc(F)c(Cl)c1. The Balaban J connectivity index is 1.93. The van der Waals surface area contributed by atoms with Crippen molar-refractivity contribution in [1.29, 1.82) is 0 Å². The number of nitrogens with zero attached hydrogens (tertiary/aromatic N) is 1. The third kappa shape index (κ3) is 4.39. The fourth-order valence-electron chi connectivity index (χ4n) is 2.61. The first-order valence-electron chi connectivity index (χ1n) is 7.23. The third-order valence-electron chi connectivity index (χ3n) is 3.85. The Labute approximate surface area is 135 Å². The highest BCUT2D eigenvalue weighted by Crippen LogP contribution is 2.19. The van der Waals surface area contributed by atoms with Crippen LogP contribution in [0.4, 0.5) is 4.39 Å². The van der Waals surface area contributed by atoms with E-state index in [1.807, 2.05) is 0 Å². The molecule has 0 bridgehead atoms. The third-order valence-corrected chi connectivity index (χ3v) is 5.60. The van der Waals surface area contributed by atoms with Crippen LogP contribution in [0.3, 0.4) is 0 Å². The van der Waals surface area contributed by atoms with Crippen molar-refractivity contribution < 1.29 is 17.9 Å². The average Bonchev–Trinajstić information content (AvgIpc) is 2.50. The zero-order chi connectivity index (χ0) is 16.2. The van der Waals surface area contributed by atoms with E-state index < -0.39 is 15.8 Å².